The lowest BCUT2D eigenvalue weighted by atomic mass is 10.2. The quantitative estimate of drug-likeness (QED) is 0.802. The van der Waals surface area contributed by atoms with E-state index >= 15 is 0 Å². The minimum absolute atomic E-state index is 0.0499. The third-order valence-electron chi connectivity index (χ3n) is 3.56. The molecular weight excluding hydrogens is 226 g/mol. The number of carbonyl (C=O) groups is 1. The van der Waals surface area contributed by atoms with E-state index in [-0.39, 0.29) is 11.9 Å². The second kappa shape index (κ2) is 5.40. The van der Waals surface area contributed by atoms with E-state index in [1.165, 1.54) is 6.42 Å². The second-order valence-electron chi connectivity index (χ2n) is 5.18. The van der Waals surface area contributed by atoms with Crippen LogP contribution >= 0.6 is 0 Å². The van der Waals surface area contributed by atoms with Crippen molar-refractivity contribution < 1.29 is 4.79 Å². The van der Waals surface area contributed by atoms with Crippen molar-refractivity contribution in [2.24, 2.45) is 5.92 Å². The van der Waals surface area contributed by atoms with E-state index in [0.717, 1.165) is 18.8 Å². The van der Waals surface area contributed by atoms with Gasteiger partial charge in [0.25, 0.3) is 0 Å². The van der Waals surface area contributed by atoms with Crippen LogP contribution in [0, 0.1) is 5.92 Å². The summed E-state index contributed by atoms with van der Waals surface area (Å²) in [5, 5.41) is 2.92. The summed E-state index contributed by atoms with van der Waals surface area (Å²) < 4.78 is 0. The van der Waals surface area contributed by atoms with Crippen LogP contribution in [0.25, 0.3) is 0 Å². The maximum Gasteiger partial charge on any atom is 0.241 e. The van der Waals surface area contributed by atoms with Crippen LogP contribution in [0.15, 0.2) is 24.3 Å². The molecule has 2 atom stereocenters. The highest BCUT2D eigenvalue weighted by atomic mass is 16.2. The molecule has 0 radical (unpaired) electrons. The summed E-state index contributed by atoms with van der Waals surface area (Å²) in [5.41, 5.74) is 7.11. The average molecular weight is 247 g/mol. The molecule has 2 rings (SSSR count). The van der Waals surface area contributed by atoms with E-state index in [0.29, 0.717) is 11.6 Å². The molecule has 0 saturated carbocycles. The van der Waals surface area contributed by atoms with Gasteiger partial charge in [0.2, 0.25) is 5.91 Å². The Morgan fingerprint density at radius 2 is 2.11 bits per heavy atom. The van der Waals surface area contributed by atoms with Gasteiger partial charge < -0.3 is 11.1 Å². The molecule has 1 aromatic carbocycles. The Bertz CT molecular complexity index is 416. The molecular formula is C14H21N3O. The lowest BCUT2D eigenvalue weighted by Crippen LogP contribution is -2.40. The van der Waals surface area contributed by atoms with E-state index in [1.54, 1.807) is 12.1 Å². The molecule has 1 aliphatic rings. The molecule has 0 spiro atoms. The number of nitrogens with two attached hydrogens (primary N) is 1. The predicted molar refractivity (Wildman–Crippen MR) is 74.3 cm³/mol. The molecule has 1 aromatic rings. The fraction of sp³-hybridized carbons (Fsp3) is 0.500. The summed E-state index contributed by atoms with van der Waals surface area (Å²) in [7, 11) is 0. The van der Waals surface area contributed by atoms with Crippen molar-refractivity contribution >= 4 is 17.3 Å². The van der Waals surface area contributed by atoms with Gasteiger partial charge in [0.1, 0.15) is 0 Å². The minimum Gasteiger partial charge on any atom is -0.399 e. The van der Waals surface area contributed by atoms with Gasteiger partial charge in [-0.2, -0.15) is 0 Å². The van der Waals surface area contributed by atoms with Crippen molar-refractivity contribution in [2.75, 3.05) is 24.1 Å². The van der Waals surface area contributed by atoms with Gasteiger partial charge in [-0.1, -0.05) is 6.92 Å². The molecule has 18 heavy (non-hydrogen) atoms. The van der Waals surface area contributed by atoms with Crippen LogP contribution in [0.4, 0.5) is 11.4 Å². The fourth-order valence-electron chi connectivity index (χ4n) is 2.30. The van der Waals surface area contributed by atoms with Crippen molar-refractivity contribution in [1.29, 1.82) is 0 Å². The highest BCUT2D eigenvalue weighted by Crippen LogP contribution is 2.19. The maximum atomic E-state index is 12.1. The van der Waals surface area contributed by atoms with Gasteiger partial charge >= 0.3 is 0 Å². The summed E-state index contributed by atoms with van der Waals surface area (Å²) in [4.78, 5) is 14.3. The Labute approximate surface area is 108 Å². The molecule has 2 unspecified atom stereocenters. The lowest BCUT2D eigenvalue weighted by Gasteiger charge is -2.23. The summed E-state index contributed by atoms with van der Waals surface area (Å²) >= 11 is 0. The summed E-state index contributed by atoms with van der Waals surface area (Å²) in [6.45, 7) is 6.21. The van der Waals surface area contributed by atoms with Crippen molar-refractivity contribution in [1.82, 2.24) is 4.90 Å². The van der Waals surface area contributed by atoms with Crippen molar-refractivity contribution in [3.05, 3.63) is 24.3 Å². The van der Waals surface area contributed by atoms with E-state index < -0.39 is 0 Å². The molecule has 0 aliphatic carbocycles. The van der Waals surface area contributed by atoms with E-state index in [1.807, 2.05) is 19.1 Å². The fourth-order valence-corrected chi connectivity index (χ4v) is 2.30. The van der Waals surface area contributed by atoms with Crippen LogP contribution < -0.4 is 11.1 Å². The van der Waals surface area contributed by atoms with E-state index in [4.69, 9.17) is 5.73 Å². The highest BCUT2D eigenvalue weighted by Gasteiger charge is 2.27. The topological polar surface area (TPSA) is 58.4 Å². The molecule has 0 aromatic heterocycles. The third-order valence-corrected chi connectivity index (χ3v) is 3.56. The molecule has 0 bridgehead atoms. The van der Waals surface area contributed by atoms with Gasteiger partial charge in [-0.05, 0) is 50.1 Å². The van der Waals surface area contributed by atoms with Crippen LogP contribution in [0.1, 0.15) is 20.3 Å². The summed E-state index contributed by atoms with van der Waals surface area (Å²) in [6, 6.07) is 7.16. The first kappa shape index (κ1) is 12.9. The number of nitrogen functional groups attached to an aromatic ring is 1. The number of anilines is 2. The lowest BCUT2D eigenvalue weighted by molar-refractivity contribution is -0.120. The molecule has 1 saturated heterocycles. The average Bonchev–Trinajstić information content (AvgIpc) is 2.78. The summed E-state index contributed by atoms with van der Waals surface area (Å²) in [5.74, 6) is 0.741. The van der Waals surface area contributed by atoms with Crippen molar-refractivity contribution in [3.8, 4) is 0 Å². The van der Waals surface area contributed by atoms with Gasteiger partial charge in [-0.25, -0.2) is 0 Å². The number of amides is 1. The summed E-state index contributed by atoms with van der Waals surface area (Å²) in [6.07, 6.45) is 1.18. The van der Waals surface area contributed by atoms with E-state index in [9.17, 15) is 4.79 Å². The van der Waals surface area contributed by atoms with Crippen LogP contribution in [-0.2, 0) is 4.79 Å². The maximum absolute atomic E-state index is 12.1. The van der Waals surface area contributed by atoms with Crippen LogP contribution in [0.5, 0.6) is 0 Å². The first-order chi connectivity index (χ1) is 8.56. The van der Waals surface area contributed by atoms with Gasteiger partial charge in [-0.15, -0.1) is 0 Å². The molecule has 4 nitrogen and oxygen atoms in total. The van der Waals surface area contributed by atoms with Crippen LogP contribution in [0.2, 0.25) is 0 Å². The number of hydrogen-bond donors (Lipinski definition) is 2. The number of likely N-dealkylation sites (tertiary alicyclic amines) is 1. The van der Waals surface area contributed by atoms with Crippen molar-refractivity contribution in [3.63, 3.8) is 0 Å². The zero-order chi connectivity index (χ0) is 13.1. The number of carbonyl (C=O) groups excluding carboxylic acids is 1. The van der Waals surface area contributed by atoms with Gasteiger partial charge in [-0.3, -0.25) is 9.69 Å². The first-order valence-corrected chi connectivity index (χ1v) is 6.46. The van der Waals surface area contributed by atoms with Gasteiger partial charge in [0.15, 0.2) is 0 Å². The van der Waals surface area contributed by atoms with Gasteiger partial charge in [0, 0.05) is 17.9 Å². The number of nitrogens with one attached hydrogen (secondary N) is 1. The Kier molecular flexibility index (Phi) is 3.87. The second-order valence-corrected chi connectivity index (χ2v) is 5.18. The zero-order valence-electron chi connectivity index (χ0n) is 11.0. The smallest absolute Gasteiger partial charge is 0.241 e. The largest absolute Gasteiger partial charge is 0.399 e. The molecule has 1 amide bonds. The number of rotatable bonds is 3. The van der Waals surface area contributed by atoms with Crippen LogP contribution in [0.3, 0.4) is 0 Å². The van der Waals surface area contributed by atoms with Crippen LogP contribution in [-0.4, -0.2) is 29.9 Å². The number of nitrogens with zero attached hydrogens (tertiary/aromatic N) is 1. The monoisotopic (exact) mass is 247 g/mol. The molecule has 4 heteroatoms. The van der Waals surface area contributed by atoms with Crippen molar-refractivity contribution in [2.45, 2.75) is 26.3 Å². The third kappa shape index (κ3) is 3.01. The Morgan fingerprint density at radius 3 is 2.67 bits per heavy atom. The molecule has 1 heterocycles. The molecule has 1 aliphatic heterocycles. The Hall–Kier alpha value is -1.55. The number of benzene rings is 1. The zero-order valence-corrected chi connectivity index (χ0v) is 11.0. The first-order valence-electron chi connectivity index (χ1n) is 6.46. The van der Waals surface area contributed by atoms with E-state index in [2.05, 4.69) is 17.1 Å². The molecule has 98 valence electrons. The highest BCUT2D eigenvalue weighted by molar-refractivity contribution is 5.94. The predicted octanol–water partition coefficient (Wildman–Crippen LogP) is 1.94. The SMILES string of the molecule is CC1CCN(C(C)C(=O)Nc2ccc(N)cc2)C1. The normalized spacial score (nSPS) is 21.8. The minimum atomic E-state index is -0.0764. The molecule has 3 N–H and O–H groups in total. The molecule has 1 fully saturated rings. The standard InChI is InChI=1S/C14H21N3O/c1-10-7-8-17(9-10)11(2)14(18)16-13-5-3-12(15)4-6-13/h3-6,10-11H,7-9,15H2,1-2H3,(H,16,18). The Balaban J connectivity index is 1.93. The number of hydrogen-bond acceptors (Lipinski definition) is 3. The Morgan fingerprint density at radius 1 is 1.44 bits per heavy atom. The van der Waals surface area contributed by atoms with Gasteiger partial charge in [0.05, 0.1) is 6.04 Å².